The van der Waals surface area contributed by atoms with E-state index in [2.05, 4.69) is 4.74 Å². The van der Waals surface area contributed by atoms with Crippen LogP contribution in [0.4, 0.5) is 41.2 Å². The third-order valence-electron chi connectivity index (χ3n) is 3.50. The van der Waals surface area contributed by atoms with E-state index >= 15 is 0 Å². The van der Waals surface area contributed by atoms with Gasteiger partial charge in [0.05, 0.1) is 5.69 Å². The molecule has 0 aliphatic carbocycles. The van der Waals surface area contributed by atoms with Crippen molar-refractivity contribution in [2.45, 2.75) is 12.5 Å². The summed E-state index contributed by atoms with van der Waals surface area (Å²) in [6.45, 7) is 0. The molecule has 156 valence electrons. The van der Waals surface area contributed by atoms with E-state index in [0.717, 1.165) is 31.3 Å². The minimum absolute atomic E-state index is 0.313. The Labute approximate surface area is 158 Å². The average Bonchev–Trinajstić information content (AvgIpc) is 2.60. The number of urea groups is 1. The molecule has 0 atom stereocenters. The molecule has 3 amide bonds. The van der Waals surface area contributed by atoms with Gasteiger partial charge in [0.25, 0.3) is 5.91 Å². The van der Waals surface area contributed by atoms with Crippen LogP contribution < -0.4 is 15.0 Å². The zero-order valence-electron chi connectivity index (χ0n) is 14.4. The normalized spacial score (nSPS) is 11.3. The molecular formula is C17H11F7N2O3. The molecule has 0 aliphatic heterocycles. The predicted molar refractivity (Wildman–Crippen MR) is 85.6 cm³/mol. The number of nitrogens with zero attached hydrogens (tertiary/aromatic N) is 1. The Balaban J connectivity index is 2.16. The summed E-state index contributed by atoms with van der Waals surface area (Å²) in [5.74, 6) is -6.23. The maximum atomic E-state index is 14.1. The van der Waals surface area contributed by atoms with E-state index in [4.69, 9.17) is 0 Å². The second kappa shape index (κ2) is 8.37. The molecule has 2 rings (SSSR count). The highest BCUT2D eigenvalue weighted by molar-refractivity contribution is 6.08. The van der Waals surface area contributed by atoms with E-state index in [1.54, 1.807) is 5.32 Å². The molecule has 0 aliphatic rings. The van der Waals surface area contributed by atoms with Gasteiger partial charge in [-0.15, -0.1) is 0 Å². The number of halogens is 7. The van der Waals surface area contributed by atoms with Gasteiger partial charge in [-0.2, -0.15) is 17.6 Å². The van der Waals surface area contributed by atoms with Crippen LogP contribution in [0.2, 0.25) is 0 Å². The van der Waals surface area contributed by atoms with Crippen molar-refractivity contribution in [2.75, 3.05) is 11.9 Å². The first-order chi connectivity index (χ1) is 13.4. The van der Waals surface area contributed by atoms with Crippen molar-refractivity contribution < 1.29 is 45.1 Å². The third-order valence-corrected chi connectivity index (χ3v) is 3.50. The van der Waals surface area contributed by atoms with Gasteiger partial charge in [0.2, 0.25) is 0 Å². The molecule has 0 aromatic heterocycles. The second-order valence-corrected chi connectivity index (χ2v) is 5.49. The van der Waals surface area contributed by atoms with Crippen molar-refractivity contribution in [3.8, 4) is 5.75 Å². The lowest BCUT2D eigenvalue weighted by Crippen LogP contribution is -2.41. The van der Waals surface area contributed by atoms with Gasteiger partial charge in [-0.3, -0.25) is 15.0 Å². The molecule has 29 heavy (non-hydrogen) atoms. The molecule has 0 saturated heterocycles. The number of carbonyl (C=O) groups excluding carboxylic acids is 2. The van der Waals surface area contributed by atoms with Crippen LogP contribution in [0, 0.1) is 17.5 Å². The average molecular weight is 424 g/mol. The van der Waals surface area contributed by atoms with E-state index in [9.17, 15) is 40.3 Å². The number of anilines is 1. The number of imide groups is 1. The zero-order chi connectivity index (χ0) is 21.9. The van der Waals surface area contributed by atoms with Crippen molar-refractivity contribution in [1.29, 1.82) is 0 Å². The van der Waals surface area contributed by atoms with Crippen LogP contribution >= 0.6 is 0 Å². The highest BCUT2D eigenvalue weighted by Gasteiger charge is 2.44. The number of hydrogen-bond acceptors (Lipinski definition) is 3. The van der Waals surface area contributed by atoms with Crippen molar-refractivity contribution in [2.24, 2.45) is 0 Å². The summed E-state index contributed by atoms with van der Waals surface area (Å²) < 4.78 is 94.9. The molecule has 0 saturated carbocycles. The Morgan fingerprint density at radius 2 is 1.62 bits per heavy atom. The summed E-state index contributed by atoms with van der Waals surface area (Å²) in [5.41, 5.74) is -1.62. The van der Waals surface area contributed by atoms with Crippen molar-refractivity contribution in [3.05, 3.63) is 59.4 Å². The van der Waals surface area contributed by atoms with Crippen LogP contribution in [0.1, 0.15) is 10.4 Å². The van der Waals surface area contributed by atoms with Crippen molar-refractivity contribution in [3.63, 3.8) is 0 Å². The predicted octanol–water partition coefficient (Wildman–Crippen LogP) is 4.33. The molecule has 2 aromatic carbocycles. The van der Waals surface area contributed by atoms with Gasteiger partial charge < -0.3 is 4.74 Å². The lowest BCUT2D eigenvalue weighted by atomic mass is 10.2. The number of nitrogens with one attached hydrogen (secondary N) is 1. The van der Waals surface area contributed by atoms with Crippen LogP contribution in [0.5, 0.6) is 5.75 Å². The smallest absolute Gasteiger partial charge is 0.428 e. The largest absolute Gasteiger partial charge is 0.461 e. The van der Waals surface area contributed by atoms with Gasteiger partial charge in [0.1, 0.15) is 22.9 Å². The number of ether oxygens (including phenoxy) is 1. The topological polar surface area (TPSA) is 58.6 Å². The number of hydrogen-bond donors (Lipinski definition) is 1. The van der Waals surface area contributed by atoms with E-state index in [1.807, 2.05) is 0 Å². The van der Waals surface area contributed by atoms with E-state index in [1.165, 1.54) is 0 Å². The van der Waals surface area contributed by atoms with Gasteiger partial charge in [0.15, 0.2) is 5.82 Å². The Kier molecular flexibility index (Phi) is 6.34. The van der Waals surface area contributed by atoms with Crippen LogP contribution in [-0.2, 0) is 0 Å². The van der Waals surface area contributed by atoms with E-state index < -0.39 is 58.9 Å². The fraction of sp³-hybridized carbons (Fsp3) is 0.176. The number of amides is 3. The minimum atomic E-state index is -4.87. The summed E-state index contributed by atoms with van der Waals surface area (Å²) in [6, 6.07) is 2.96. The van der Waals surface area contributed by atoms with Crippen LogP contribution in [0.15, 0.2) is 36.4 Å². The number of rotatable bonds is 5. The molecule has 2 aromatic rings. The maximum absolute atomic E-state index is 14.1. The van der Waals surface area contributed by atoms with Gasteiger partial charge in [-0.1, -0.05) is 6.07 Å². The first-order valence-corrected chi connectivity index (χ1v) is 7.61. The minimum Gasteiger partial charge on any atom is -0.428 e. The molecular weight excluding hydrogens is 413 g/mol. The van der Waals surface area contributed by atoms with Gasteiger partial charge in [-0.25, -0.2) is 18.0 Å². The van der Waals surface area contributed by atoms with E-state index in [-0.39, 0.29) is 0 Å². The Hall–Kier alpha value is -3.31. The first-order valence-electron chi connectivity index (χ1n) is 7.61. The zero-order valence-corrected chi connectivity index (χ0v) is 14.4. The molecule has 0 unspecified atom stereocenters. The highest BCUT2D eigenvalue weighted by atomic mass is 19.3. The molecule has 0 heterocycles. The molecule has 0 bridgehead atoms. The molecule has 0 spiro atoms. The van der Waals surface area contributed by atoms with E-state index in [0.29, 0.717) is 17.0 Å². The second-order valence-electron chi connectivity index (χ2n) is 5.49. The molecule has 12 heteroatoms. The van der Waals surface area contributed by atoms with Crippen LogP contribution in [0.25, 0.3) is 0 Å². The van der Waals surface area contributed by atoms with Crippen LogP contribution in [0.3, 0.4) is 0 Å². The quantitative estimate of drug-likeness (QED) is 0.728. The Morgan fingerprint density at radius 1 is 1.03 bits per heavy atom. The maximum Gasteiger partial charge on any atom is 0.461 e. The Morgan fingerprint density at radius 3 is 2.14 bits per heavy atom. The molecule has 0 radical (unpaired) electrons. The van der Waals surface area contributed by atoms with Crippen molar-refractivity contribution in [1.82, 2.24) is 5.32 Å². The summed E-state index contributed by atoms with van der Waals surface area (Å²) in [4.78, 5) is 24.4. The molecule has 0 fully saturated rings. The van der Waals surface area contributed by atoms with Gasteiger partial charge in [0, 0.05) is 13.1 Å². The van der Waals surface area contributed by atoms with Gasteiger partial charge >= 0.3 is 18.6 Å². The SMILES string of the molecule is CN(C(=O)NC(=O)c1c(F)cccc1F)c1ccc(OC(F)(F)C(F)F)cc1F. The first kappa shape index (κ1) is 22.0. The van der Waals surface area contributed by atoms with Crippen molar-refractivity contribution >= 4 is 17.6 Å². The number of alkyl halides is 4. The summed E-state index contributed by atoms with van der Waals surface area (Å²) in [6.07, 6.45) is -9.03. The summed E-state index contributed by atoms with van der Waals surface area (Å²) in [5, 5.41) is 1.62. The fourth-order valence-corrected chi connectivity index (χ4v) is 2.09. The standard InChI is InChI=1S/C17H11F7N2O3/c1-26(16(28)25-14(27)13-9(18)3-2-4-10(13)19)12-6-5-8(7-11(12)20)29-17(23,24)15(21)22/h2-7,15H,1H3,(H,25,27,28). The fourth-order valence-electron chi connectivity index (χ4n) is 2.09. The molecule has 5 nitrogen and oxygen atoms in total. The molecule has 1 N–H and O–H groups in total. The lowest BCUT2D eigenvalue weighted by molar-refractivity contribution is -0.253. The summed E-state index contributed by atoms with van der Waals surface area (Å²) in [7, 11) is 0.951. The Bertz CT molecular complexity index is 917. The lowest BCUT2D eigenvalue weighted by Gasteiger charge is -2.20. The third kappa shape index (κ3) is 4.95. The van der Waals surface area contributed by atoms with Crippen LogP contribution in [-0.4, -0.2) is 31.5 Å². The van der Waals surface area contributed by atoms with Gasteiger partial charge in [-0.05, 0) is 24.3 Å². The monoisotopic (exact) mass is 424 g/mol. The number of benzene rings is 2. The summed E-state index contributed by atoms with van der Waals surface area (Å²) >= 11 is 0. The number of carbonyl (C=O) groups is 2. The highest BCUT2D eigenvalue weighted by Crippen LogP contribution is 2.30.